The van der Waals surface area contributed by atoms with Gasteiger partial charge < -0.3 is 10.1 Å². The van der Waals surface area contributed by atoms with E-state index >= 15 is 0 Å². The minimum Gasteiger partial charge on any atom is -0.497 e. The lowest BCUT2D eigenvalue weighted by Crippen LogP contribution is -2.08. The van der Waals surface area contributed by atoms with Crippen LogP contribution in [0.4, 0.5) is 0 Å². The van der Waals surface area contributed by atoms with Gasteiger partial charge in [-0.3, -0.25) is 0 Å². The second-order valence-electron chi connectivity index (χ2n) is 5.44. The quantitative estimate of drug-likeness (QED) is 0.942. The molecule has 0 radical (unpaired) electrons. The van der Waals surface area contributed by atoms with Crippen LogP contribution in [0.2, 0.25) is 0 Å². The normalized spacial score (nSPS) is 18.3. The summed E-state index contributed by atoms with van der Waals surface area (Å²) in [6.45, 7) is 1.98. The van der Waals surface area contributed by atoms with Gasteiger partial charge in [0.2, 0.25) is 9.84 Å². The Morgan fingerprint density at radius 2 is 1.86 bits per heavy atom. The van der Waals surface area contributed by atoms with E-state index < -0.39 is 9.84 Å². The highest BCUT2D eigenvalue weighted by Gasteiger charge is 2.20. The predicted molar refractivity (Wildman–Crippen MR) is 85.1 cm³/mol. The molecule has 1 N–H and O–H groups in total. The van der Waals surface area contributed by atoms with Gasteiger partial charge in [0.25, 0.3) is 0 Å². The first-order valence-electron chi connectivity index (χ1n) is 7.31. The van der Waals surface area contributed by atoms with Gasteiger partial charge in [0.1, 0.15) is 5.75 Å². The van der Waals surface area contributed by atoms with Gasteiger partial charge in [-0.05, 0) is 54.8 Å². The molecular formula is C17H19NO3S. The maximum atomic E-state index is 12.7. The Hall–Kier alpha value is -1.85. The predicted octanol–water partition coefficient (Wildman–Crippen LogP) is 2.60. The molecular weight excluding hydrogens is 298 g/mol. The highest BCUT2D eigenvalue weighted by Crippen LogP contribution is 2.27. The molecule has 116 valence electrons. The lowest BCUT2D eigenvalue weighted by Gasteiger charge is -2.10. The molecule has 5 heteroatoms. The summed E-state index contributed by atoms with van der Waals surface area (Å²) in [5.74, 6) is 1.02. The fourth-order valence-corrected chi connectivity index (χ4v) is 4.06. The van der Waals surface area contributed by atoms with Crippen molar-refractivity contribution in [2.45, 2.75) is 22.1 Å². The Balaban J connectivity index is 1.91. The number of hydrogen-bond donors (Lipinski definition) is 1. The molecule has 1 fully saturated rings. The maximum Gasteiger partial charge on any atom is 0.206 e. The Bertz CT molecular complexity index is 748. The monoisotopic (exact) mass is 317 g/mol. The zero-order valence-corrected chi connectivity index (χ0v) is 13.3. The van der Waals surface area contributed by atoms with Crippen LogP contribution in [0.1, 0.15) is 17.9 Å². The average molecular weight is 317 g/mol. The number of sulfone groups is 1. The lowest BCUT2D eigenvalue weighted by atomic mass is 9.99. The average Bonchev–Trinajstić information content (AvgIpc) is 3.09. The van der Waals surface area contributed by atoms with E-state index in [-0.39, 0.29) is 4.90 Å². The van der Waals surface area contributed by atoms with E-state index in [2.05, 4.69) is 5.32 Å². The summed E-state index contributed by atoms with van der Waals surface area (Å²) in [5.41, 5.74) is 1.19. The number of methoxy groups -OCH3 is 1. The Labute approximate surface area is 131 Å². The second-order valence-corrected chi connectivity index (χ2v) is 7.39. The van der Waals surface area contributed by atoms with Crippen molar-refractivity contribution in [1.82, 2.24) is 5.32 Å². The second kappa shape index (κ2) is 6.10. The van der Waals surface area contributed by atoms with Crippen molar-refractivity contribution in [2.24, 2.45) is 0 Å². The SMILES string of the molecule is COc1cccc(S(=O)(=O)c2ccc(C3CCNC3)cc2)c1. The number of ether oxygens (including phenoxy) is 1. The largest absolute Gasteiger partial charge is 0.497 e. The lowest BCUT2D eigenvalue weighted by molar-refractivity contribution is 0.413. The topological polar surface area (TPSA) is 55.4 Å². The molecule has 1 atom stereocenters. The standard InChI is InChI=1S/C17H19NO3S/c1-21-15-3-2-4-17(11-15)22(19,20)16-7-5-13(6-8-16)14-9-10-18-12-14/h2-8,11,14,18H,9-10,12H2,1H3. The van der Waals surface area contributed by atoms with Crippen LogP contribution in [-0.4, -0.2) is 28.6 Å². The van der Waals surface area contributed by atoms with E-state index in [9.17, 15) is 8.42 Å². The van der Waals surface area contributed by atoms with Crippen LogP contribution in [0.5, 0.6) is 5.75 Å². The molecule has 22 heavy (non-hydrogen) atoms. The molecule has 2 aromatic rings. The number of rotatable bonds is 4. The molecule has 0 aromatic heterocycles. The zero-order valence-electron chi connectivity index (χ0n) is 12.5. The highest BCUT2D eigenvalue weighted by molar-refractivity contribution is 7.91. The Morgan fingerprint density at radius 1 is 1.09 bits per heavy atom. The van der Waals surface area contributed by atoms with Crippen LogP contribution in [0.3, 0.4) is 0 Å². The van der Waals surface area contributed by atoms with Gasteiger partial charge in [-0.1, -0.05) is 18.2 Å². The minimum absolute atomic E-state index is 0.252. The van der Waals surface area contributed by atoms with E-state index in [4.69, 9.17) is 4.74 Å². The van der Waals surface area contributed by atoms with Crippen molar-refractivity contribution in [3.05, 3.63) is 54.1 Å². The third-order valence-electron chi connectivity index (χ3n) is 4.07. The summed E-state index contributed by atoms with van der Waals surface area (Å²) in [6.07, 6.45) is 1.10. The highest BCUT2D eigenvalue weighted by atomic mass is 32.2. The smallest absolute Gasteiger partial charge is 0.206 e. The van der Waals surface area contributed by atoms with Gasteiger partial charge in [0, 0.05) is 6.54 Å². The van der Waals surface area contributed by atoms with Gasteiger partial charge in [-0.2, -0.15) is 0 Å². The van der Waals surface area contributed by atoms with Gasteiger partial charge in [0.05, 0.1) is 16.9 Å². The van der Waals surface area contributed by atoms with Crippen molar-refractivity contribution in [2.75, 3.05) is 20.2 Å². The molecule has 2 aromatic carbocycles. The van der Waals surface area contributed by atoms with E-state index in [1.807, 2.05) is 12.1 Å². The molecule has 0 aliphatic carbocycles. The zero-order chi connectivity index (χ0) is 15.6. The van der Waals surface area contributed by atoms with Gasteiger partial charge >= 0.3 is 0 Å². The van der Waals surface area contributed by atoms with Gasteiger partial charge in [-0.25, -0.2) is 8.42 Å². The summed E-state index contributed by atoms with van der Waals surface area (Å²) < 4.78 is 30.4. The molecule has 1 saturated heterocycles. The van der Waals surface area contributed by atoms with Crippen LogP contribution in [0.15, 0.2) is 58.3 Å². The van der Waals surface area contributed by atoms with Crippen molar-refractivity contribution < 1.29 is 13.2 Å². The first kappa shape index (κ1) is 15.1. The van der Waals surface area contributed by atoms with Crippen LogP contribution in [0, 0.1) is 0 Å². The molecule has 0 amide bonds. The summed E-state index contributed by atoms with van der Waals surface area (Å²) in [6, 6.07) is 13.8. The van der Waals surface area contributed by atoms with Crippen LogP contribution < -0.4 is 10.1 Å². The molecule has 0 bridgehead atoms. The Kier molecular flexibility index (Phi) is 4.18. The van der Waals surface area contributed by atoms with Crippen molar-refractivity contribution in [1.29, 1.82) is 0 Å². The molecule has 3 rings (SSSR count). The third kappa shape index (κ3) is 2.87. The van der Waals surface area contributed by atoms with E-state index in [1.54, 1.807) is 36.4 Å². The van der Waals surface area contributed by atoms with Crippen LogP contribution in [-0.2, 0) is 9.84 Å². The van der Waals surface area contributed by atoms with Gasteiger partial charge in [0.15, 0.2) is 0 Å². The number of hydrogen-bond acceptors (Lipinski definition) is 4. The van der Waals surface area contributed by atoms with Crippen LogP contribution >= 0.6 is 0 Å². The van der Waals surface area contributed by atoms with Crippen LogP contribution in [0.25, 0.3) is 0 Å². The fourth-order valence-electron chi connectivity index (χ4n) is 2.76. The third-order valence-corrected chi connectivity index (χ3v) is 5.84. The summed E-state index contributed by atoms with van der Waals surface area (Å²) in [7, 11) is -1.98. The summed E-state index contributed by atoms with van der Waals surface area (Å²) in [5, 5.41) is 3.32. The summed E-state index contributed by atoms with van der Waals surface area (Å²) >= 11 is 0. The summed E-state index contributed by atoms with van der Waals surface area (Å²) in [4.78, 5) is 0.567. The molecule has 1 unspecified atom stereocenters. The maximum absolute atomic E-state index is 12.7. The molecule has 1 aliphatic rings. The molecule has 0 spiro atoms. The fraction of sp³-hybridized carbons (Fsp3) is 0.294. The van der Waals surface area contributed by atoms with Gasteiger partial charge in [-0.15, -0.1) is 0 Å². The number of nitrogens with one attached hydrogen (secondary N) is 1. The van der Waals surface area contributed by atoms with E-state index in [1.165, 1.54) is 12.7 Å². The van der Waals surface area contributed by atoms with Crippen molar-refractivity contribution in [3.8, 4) is 5.75 Å². The Morgan fingerprint density at radius 3 is 2.50 bits per heavy atom. The molecule has 0 saturated carbocycles. The van der Waals surface area contributed by atoms with Crippen molar-refractivity contribution in [3.63, 3.8) is 0 Å². The number of benzene rings is 2. The van der Waals surface area contributed by atoms with E-state index in [0.717, 1.165) is 19.5 Å². The van der Waals surface area contributed by atoms with Crippen molar-refractivity contribution >= 4 is 9.84 Å². The molecule has 1 heterocycles. The first-order valence-corrected chi connectivity index (χ1v) is 8.79. The minimum atomic E-state index is -3.51. The van der Waals surface area contributed by atoms with E-state index in [0.29, 0.717) is 16.6 Å². The molecule has 4 nitrogen and oxygen atoms in total. The molecule has 1 aliphatic heterocycles. The first-order chi connectivity index (χ1) is 10.6.